The Bertz CT molecular complexity index is 705. The summed E-state index contributed by atoms with van der Waals surface area (Å²) in [6.45, 7) is 0.280. The molecule has 5 nitrogen and oxygen atoms in total. The Hall–Kier alpha value is -1.63. The lowest BCUT2D eigenvalue weighted by Crippen LogP contribution is -2.26. The van der Waals surface area contributed by atoms with Gasteiger partial charge < -0.3 is 4.74 Å². The van der Waals surface area contributed by atoms with E-state index in [0.717, 1.165) is 5.56 Å². The molecule has 1 N–H and O–H groups in total. The molecule has 7 heteroatoms. The Morgan fingerprint density at radius 1 is 1.24 bits per heavy atom. The minimum atomic E-state index is -3.67. The lowest BCUT2D eigenvalue weighted by Gasteiger charge is -2.11. The van der Waals surface area contributed by atoms with Crippen LogP contribution in [0, 0.1) is 0 Å². The molecular weight excluding hydrogens is 312 g/mol. The van der Waals surface area contributed by atoms with Crippen molar-refractivity contribution in [2.24, 2.45) is 0 Å². The monoisotopic (exact) mass is 326 g/mol. The zero-order chi connectivity index (χ0) is 15.3. The summed E-state index contributed by atoms with van der Waals surface area (Å²) in [4.78, 5) is 3.95. The summed E-state index contributed by atoms with van der Waals surface area (Å²) in [5.74, 6) is 0.260. The quantitative estimate of drug-likeness (QED) is 0.884. The largest absolute Gasteiger partial charge is 0.495 e. The van der Waals surface area contributed by atoms with Gasteiger partial charge in [0.2, 0.25) is 10.0 Å². The first-order valence-electron chi connectivity index (χ1n) is 6.25. The predicted molar refractivity (Wildman–Crippen MR) is 81.1 cm³/mol. The average Bonchev–Trinajstić information content (AvgIpc) is 2.48. The Labute approximate surface area is 129 Å². The summed E-state index contributed by atoms with van der Waals surface area (Å²) in [5.41, 5.74) is 1.01. The van der Waals surface area contributed by atoms with Crippen molar-refractivity contribution >= 4 is 21.6 Å². The number of hydrogen-bond acceptors (Lipinski definition) is 4. The average molecular weight is 327 g/mol. The van der Waals surface area contributed by atoms with E-state index in [4.69, 9.17) is 16.3 Å². The van der Waals surface area contributed by atoms with Crippen LogP contribution in [-0.4, -0.2) is 27.1 Å². The minimum Gasteiger partial charge on any atom is -0.495 e. The fraction of sp³-hybridized carbons (Fsp3) is 0.214. The third kappa shape index (κ3) is 4.17. The van der Waals surface area contributed by atoms with Crippen LogP contribution in [0.3, 0.4) is 0 Å². The summed E-state index contributed by atoms with van der Waals surface area (Å²) in [6.07, 6.45) is 3.91. The molecule has 0 aliphatic carbocycles. The predicted octanol–water partition coefficient (Wildman–Crippen LogP) is 2.26. The van der Waals surface area contributed by atoms with Crippen LogP contribution in [0.25, 0.3) is 0 Å². The standard InChI is InChI=1S/C14H15ClN2O3S/c1-20-13-3-2-12(15)10-14(13)21(18,19)17-9-6-11-4-7-16-8-5-11/h2-5,7-8,10,17H,6,9H2,1H3. The van der Waals surface area contributed by atoms with Crippen LogP contribution in [0.4, 0.5) is 0 Å². The maximum absolute atomic E-state index is 12.3. The van der Waals surface area contributed by atoms with Gasteiger partial charge in [-0.15, -0.1) is 0 Å². The van der Waals surface area contributed by atoms with Crippen LogP contribution in [0.1, 0.15) is 5.56 Å². The molecule has 0 saturated heterocycles. The number of methoxy groups -OCH3 is 1. The molecule has 0 radical (unpaired) electrons. The van der Waals surface area contributed by atoms with Crippen molar-refractivity contribution in [3.05, 3.63) is 53.3 Å². The molecule has 0 spiro atoms. The lowest BCUT2D eigenvalue weighted by atomic mass is 10.2. The van der Waals surface area contributed by atoms with E-state index in [1.165, 1.54) is 19.2 Å². The van der Waals surface area contributed by atoms with Gasteiger partial charge in [-0.25, -0.2) is 13.1 Å². The topological polar surface area (TPSA) is 68.3 Å². The molecule has 0 fully saturated rings. The van der Waals surface area contributed by atoms with Gasteiger partial charge in [-0.05, 0) is 42.3 Å². The van der Waals surface area contributed by atoms with Crippen LogP contribution in [-0.2, 0) is 16.4 Å². The zero-order valence-electron chi connectivity index (χ0n) is 11.4. The van der Waals surface area contributed by atoms with Gasteiger partial charge in [0.25, 0.3) is 0 Å². The van der Waals surface area contributed by atoms with Gasteiger partial charge >= 0.3 is 0 Å². The highest BCUT2D eigenvalue weighted by Gasteiger charge is 2.19. The van der Waals surface area contributed by atoms with Gasteiger partial charge in [-0.1, -0.05) is 11.6 Å². The molecule has 0 aliphatic heterocycles. The molecule has 1 aromatic heterocycles. The molecule has 0 unspecified atom stereocenters. The molecule has 0 saturated carbocycles. The van der Waals surface area contributed by atoms with Crippen LogP contribution < -0.4 is 9.46 Å². The fourth-order valence-corrected chi connectivity index (χ4v) is 3.28. The van der Waals surface area contributed by atoms with E-state index >= 15 is 0 Å². The van der Waals surface area contributed by atoms with Gasteiger partial charge in [-0.3, -0.25) is 4.98 Å². The third-order valence-electron chi connectivity index (χ3n) is 2.87. The van der Waals surface area contributed by atoms with Crippen molar-refractivity contribution in [2.75, 3.05) is 13.7 Å². The highest BCUT2D eigenvalue weighted by Crippen LogP contribution is 2.26. The molecule has 0 amide bonds. The second-order valence-corrected chi connectivity index (χ2v) is 6.47. The number of rotatable bonds is 6. The van der Waals surface area contributed by atoms with Crippen LogP contribution >= 0.6 is 11.6 Å². The number of sulfonamides is 1. The molecule has 0 atom stereocenters. The number of aromatic nitrogens is 1. The number of benzene rings is 1. The van der Waals surface area contributed by atoms with Crippen molar-refractivity contribution in [3.8, 4) is 5.75 Å². The van der Waals surface area contributed by atoms with Crippen molar-refractivity contribution in [1.82, 2.24) is 9.71 Å². The van der Waals surface area contributed by atoms with Crippen LogP contribution in [0.2, 0.25) is 5.02 Å². The van der Waals surface area contributed by atoms with Crippen molar-refractivity contribution < 1.29 is 13.2 Å². The van der Waals surface area contributed by atoms with E-state index < -0.39 is 10.0 Å². The number of ether oxygens (including phenoxy) is 1. The molecule has 0 bridgehead atoms. The van der Waals surface area contributed by atoms with E-state index in [1.54, 1.807) is 18.5 Å². The Kier molecular flexibility index (Phi) is 5.17. The Balaban J connectivity index is 2.10. The highest BCUT2D eigenvalue weighted by atomic mass is 35.5. The smallest absolute Gasteiger partial charge is 0.244 e. The Morgan fingerprint density at radius 3 is 2.62 bits per heavy atom. The van der Waals surface area contributed by atoms with Gasteiger partial charge in [0.1, 0.15) is 10.6 Å². The van der Waals surface area contributed by atoms with Gasteiger partial charge in [0.05, 0.1) is 7.11 Å². The molecule has 1 aromatic carbocycles. The molecule has 112 valence electrons. The first kappa shape index (κ1) is 15.8. The minimum absolute atomic E-state index is 0.0345. The van der Waals surface area contributed by atoms with Crippen LogP contribution in [0.15, 0.2) is 47.6 Å². The van der Waals surface area contributed by atoms with Gasteiger partial charge in [0, 0.05) is 24.0 Å². The van der Waals surface area contributed by atoms with Gasteiger partial charge in [0.15, 0.2) is 0 Å². The normalized spacial score (nSPS) is 11.3. The van der Waals surface area contributed by atoms with E-state index in [-0.39, 0.29) is 17.2 Å². The highest BCUT2D eigenvalue weighted by molar-refractivity contribution is 7.89. The second-order valence-electron chi connectivity index (χ2n) is 4.30. The number of hydrogen-bond donors (Lipinski definition) is 1. The zero-order valence-corrected chi connectivity index (χ0v) is 13.0. The Morgan fingerprint density at radius 2 is 1.95 bits per heavy atom. The summed E-state index contributed by atoms with van der Waals surface area (Å²) in [6, 6.07) is 8.16. The number of halogens is 1. The van der Waals surface area contributed by atoms with E-state index in [2.05, 4.69) is 9.71 Å². The van der Waals surface area contributed by atoms with Crippen molar-refractivity contribution in [2.45, 2.75) is 11.3 Å². The molecule has 1 heterocycles. The SMILES string of the molecule is COc1ccc(Cl)cc1S(=O)(=O)NCCc1ccncc1. The first-order valence-corrected chi connectivity index (χ1v) is 8.11. The van der Waals surface area contributed by atoms with E-state index in [0.29, 0.717) is 11.4 Å². The van der Waals surface area contributed by atoms with Crippen molar-refractivity contribution in [3.63, 3.8) is 0 Å². The first-order chi connectivity index (χ1) is 10.0. The molecule has 0 aliphatic rings. The molecular formula is C14H15ClN2O3S. The molecule has 2 aromatic rings. The summed E-state index contributed by atoms with van der Waals surface area (Å²) in [5, 5.41) is 0.338. The van der Waals surface area contributed by atoms with Crippen LogP contribution in [0.5, 0.6) is 5.75 Å². The third-order valence-corrected chi connectivity index (χ3v) is 4.59. The number of nitrogens with zero attached hydrogens (tertiary/aromatic N) is 1. The fourth-order valence-electron chi connectivity index (χ4n) is 1.82. The van der Waals surface area contributed by atoms with E-state index in [9.17, 15) is 8.42 Å². The second kappa shape index (κ2) is 6.89. The summed E-state index contributed by atoms with van der Waals surface area (Å²) < 4.78 is 32.2. The number of nitrogens with one attached hydrogen (secondary N) is 1. The number of pyridine rings is 1. The maximum atomic E-state index is 12.3. The van der Waals surface area contributed by atoms with Gasteiger partial charge in [-0.2, -0.15) is 0 Å². The van der Waals surface area contributed by atoms with E-state index in [1.807, 2.05) is 12.1 Å². The van der Waals surface area contributed by atoms with Crippen molar-refractivity contribution in [1.29, 1.82) is 0 Å². The maximum Gasteiger partial charge on any atom is 0.244 e. The molecule has 2 rings (SSSR count). The summed E-state index contributed by atoms with van der Waals surface area (Å²) >= 11 is 5.86. The molecule has 21 heavy (non-hydrogen) atoms. The summed E-state index contributed by atoms with van der Waals surface area (Å²) in [7, 11) is -2.25. The lowest BCUT2D eigenvalue weighted by molar-refractivity contribution is 0.402.